The predicted molar refractivity (Wildman–Crippen MR) is 82.3 cm³/mol. The van der Waals surface area contributed by atoms with Crippen LogP contribution >= 0.6 is 0 Å². The number of hydrogen-bond donors (Lipinski definition) is 1. The van der Waals surface area contributed by atoms with Crippen molar-refractivity contribution in [2.45, 2.75) is 13.3 Å². The molecule has 0 unspecified atom stereocenters. The van der Waals surface area contributed by atoms with Gasteiger partial charge < -0.3 is 5.11 Å². The van der Waals surface area contributed by atoms with Crippen molar-refractivity contribution in [1.29, 1.82) is 5.26 Å². The topological polar surface area (TPSA) is 61.1 Å². The van der Waals surface area contributed by atoms with Gasteiger partial charge in [-0.25, -0.2) is 4.79 Å². The van der Waals surface area contributed by atoms with E-state index in [9.17, 15) is 4.79 Å². The van der Waals surface area contributed by atoms with Gasteiger partial charge in [-0.2, -0.15) is 5.26 Å². The van der Waals surface area contributed by atoms with Crippen molar-refractivity contribution in [3.05, 3.63) is 77.4 Å². The zero-order valence-electron chi connectivity index (χ0n) is 11.8. The fourth-order valence-electron chi connectivity index (χ4n) is 1.50. The van der Waals surface area contributed by atoms with Crippen molar-refractivity contribution < 1.29 is 9.90 Å². The van der Waals surface area contributed by atoms with E-state index in [2.05, 4.69) is 6.07 Å². The Kier molecular flexibility index (Phi) is 7.02. The lowest BCUT2D eigenvalue weighted by molar-refractivity contribution is -0.132. The van der Waals surface area contributed by atoms with Crippen LogP contribution in [0.1, 0.15) is 18.1 Å². The number of carboxylic acids is 1. The first-order chi connectivity index (χ1) is 10.2. The van der Waals surface area contributed by atoms with Crippen molar-refractivity contribution in [1.82, 2.24) is 0 Å². The Morgan fingerprint density at radius 1 is 1.24 bits per heavy atom. The summed E-state index contributed by atoms with van der Waals surface area (Å²) < 4.78 is 0. The molecule has 1 N–H and O–H groups in total. The van der Waals surface area contributed by atoms with Crippen LogP contribution in [0.5, 0.6) is 0 Å². The van der Waals surface area contributed by atoms with Crippen LogP contribution in [0.15, 0.2) is 60.2 Å². The van der Waals surface area contributed by atoms with E-state index >= 15 is 0 Å². The number of nitrogens with zero attached hydrogens (tertiary/aromatic N) is 1. The normalized spacial score (nSPS) is 10.0. The maximum Gasteiger partial charge on any atom is 0.346 e. The van der Waals surface area contributed by atoms with Crippen molar-refractivity contribution >= 4 is 12.0 Å². The standard InChI is InChI=1S/C12H11NO2.C6H5/c1-2-9-3-5-10(6-4-9)7-11(8-13)12(14)15;1-2-4-6-5-3-1/h3-7H,2H2,1H3,(H,14,15);1-5H. The lowest BCUT2D eigenvalue weighted by atomic mass is 10.1. The van der Waals surface area contributed by atoms with Crippen LogP contribution in [0.3, 0.4) is 0 Å². The van der Waals surface area contributed by atoms with Gasteiger partial charge in [-0.05, 0) is 29.7 Å². The van der Waals surface area contributed by atoms with Crippen molar-refractivity contribution in [3.63, 3.8) is 0 Å². The lowest BCUT2D eigenvalue weighted by Gasteiger charge is -1.97. The Morgan fingerprint density at radius 3 is 2.19 bits per heavy atom. The molecule has 0 saturated heterocycles. The van der Waals surface area contributed by atoms with Crippen LogP contribution in [-0.2, 0) is 11.2 Å². The lowest BCUT2D eigenvalue weighted by Crippen LogP contribution is -1.97. The fourth-order valence-corrected chi connectivity index (χ4v) is 1.50. The Hall–Kier alpha value is -2.86. The molecule has 3 heteroatoms. The molecule has 0 saturated carbocycles. The highest BCUT2D eigenvalue weighted by Crippen LogP contribution is 2.09. The number of carboxylic acid groups (broad SMARTS) is 1. The summed E-state index contributed by atoms with van der Waals surface area (Å²) in [5, 5.41) is 17.2. The predicted octanol–water partition coefficient (Wildman–Crippen LogP) is 3.73. The van der Waals surface area contributed by atoms with Gasteiger partial charge in [0.15, 0.2) is 0 Å². The first-order valence-corrected chi connectivity index (χ1v) is 6.52. The van der Waals surface area contributed by atoms with Gasteiger partial charge in [-0.15, -0.1) is 0 Å². The molecular formula is C18H16NO2. The molecule has 0 aliphatic carbocycles. The molecule has 0 bridgehead atoms. The molecule has 0 spiro atoms. The van der Waals surface area contributed by atoms with Gasteiger partial charge in [-0.1, -0.05) is 61.5 Å². The van der Waals surface area contributed by atoms with E-state index < -0.39 is 5.97 Å². The van der Waals surface area contributed by atoms with Crippen LogP contribution in [0.2, 0.25) is 0 Å². The van der Waals surface area contributed by atoms with Crippen molar-refractivity contribution in [3.8, 4) is 6.07 Å². The molecule has 1 radical (unpaired) electrons. The molecule has 0 aromatic heterocycles. The third-order valence-corrected chi connectivity index (χ3v) is 2.66. The highest BCUT2D eigenvalue weighted by atomic mass is 16.4. The minimum absolute atomic E-state index is 0.251. The van der Waals surface area contributed by atoms with Gasteiger partial charge in [-0.3, -0.25) is 0 Å². The summed E-state index contributed by atoms with van der Waals surface area (Å²) in [6.45, 7) is 2.04. The Morgan fingerprint density at radius 2 is 1.86 bits per heavy atom. The number of rotatable bonds is 3. The Labute approximate surface area is 124 Å². The van der Waals surface area contributed by atoms with E-state index in [1.54, 1.807) is 18.2 Å². The van der Waals surface area contributed by atoms with Gasteiger partial charge in [0.1, 0.15) is 11.6 Å². The second kappa shape index (κ2) is 9.11. The van der Waals surface area contributed by atoms with Gasteiger partial charge in [0.25, 0.3) is 0 Å². The van der Waals surface area contributed by atoms with Crippen LogP contribution < -0.4 is 0 Å². The van der Waals surface area contributed by atoms with Gasteiger partial charge in [0, 0.05) is 0 Å². The molecule has 2 rings (SSSR count). The summed E-state index contributed by atoms with van der Waals surface area (Å²) in [6, 6.07) is 21.6. The third kappa shape index (κ3) is 6.22. The van der Waals surface area contributed by atoms with Gasteiger partial charge in [0.05, 0.1) is 0 Å². The molecule has 21 heavy (non-hydrogen) atoms. The number of nitriles is 1. The van der Waals surface area contributed by atoms with E-state index in [1.165, 1.54) is 11.6 Å². The number of aliphatic carboxylic acids is 1. The van der Waals surface area contributed by atoms with Gasteiger partial charge >= 0.3 is 5.97 Å². The maximum absolute atomic E-state index is 10.6. The average Bonchev–Trinajstić information content (AvgIpc) is 2.55. The van der Waals surface area contributed by atoms with Gasteiger partial charge in [0.2, 0.25) is 0 Å². The van der Waals surface area contributed by atoms with E-state index in [-0.39, 0.29) is 5.57 Å². The summed E-state index contributed by atoms with van der Waals surface area (Å²) in [5.74, 6) is -1.20. The fraction of sp³-hybridized carbons (Fsp3) is 0.111. The number of benzene rings is 2. The van der Waals surface area contributed by atoms with Crippen molar-refractivity contribution in [2.75, 3.05) is 0 Å². The van der Waals surface area contributed by atoms with E-state index in [0.717, 1.165) is 12.0 Å². The number of aryl methyl sites for hydroxylation is 1. The first kappa shape index (κ1) is 16.2. The van der Waals surface area contributed by atoms with Crippen LogP contribution in [0.25, 0.3) is 6.08 Å². The molecule has 0 aliphatic heterocycles. The Bertz CT molecular complexity index is 596. The minimum Gasteiger partial charge on any atom is -0.477 e. The molecule has 0 aliphatic rings. The SMILES string of the molecule is CCc1ccc(C=C(C#N)C(=O)O)cc1.[c]1ccccc1. The summed E-state index contributed by atoms with van der Waals surface area (Å²) in [4.78, 5) is 10.6. The number of carbonyl (C=O) groups is 1. The Balaban J connectivity index is 0.000000304. The molecule has 2 aromatic carbocycles. The smallest absolute Gasteiger partial charge is 0.346 e. The summed E-state index contributed by atoms with van der Waals surface area (Å²) in [7, 11) is 0. The molecule has 3 nitrogen and oxygen atoms in total. The van der Waals surface area contributed by atoms with E-state index in [1.807, 2.05) is 49.4 Å². The molecule has 0 heterocycles. The third-order valence-electron chi connectivity index (χ3n) is 2.66. The zero-order valence-corrected chi connectivity index (χ0v) is 11.8. The van der Waals surface area contributed by atoms with Crippen LogP contribution in [-0.4, -0.2) is 11.1 Å². The zero-order chi connectivity index (χ0) is 15.5. The van der Waals surface area contributed by atoms with Crippen LogP contribution in [0, 0.1) is 17.4 Å². The highest BCUT2D eigenvalue weighted by molar-refractivity contribution is 5.96. The first-order valence-electron chi connectivity index (χ1n) is 6.52. The second-order valence-corrected chi connectivity index (χ2v) is 4.15. The minimum atomic E-state index is -1.20. The molecule has 105 valence electrons. The largest absolute Gasteiger partial charge is 0.477 e. The van der Waals surface area contributed by atoms with Crippen molar-refractivity contribution in [2.24, 2.45) is 0 Å². The highest BCUT2D eigenvalue weighted by Gasteiger charge is 2.04. The second-order valence-electron chi connectivity index (χ2n) is 4.15. The quantitative estimate of drug-likeness (QED) is 0.687. The molecule has 0 atom stereocenters. The molecule has 0 fully saturated rings. The molecule has 2 aromatic rings. The average molecular weight is 278 g/mol. The maximum atomic E-state index is 10.6. The van der Waals surface area contributed by atoms with Crippen LogP contribution in [0.4, 0.5) is 0 Å². The monoisotopic (exact) mass is 278 g/mol. The summed E-state index contributed by atoms with van der Waals surface area (Å²) >= 11 is 0. The number of hydrogen-bond acceptors (Lipinski definition) is 2. The molecule has 0 amide bonds. The van der Waals surface area contributed by atoms with E-state index in [0.29, 0.717) is 0 Å². The van der Waals surface area contributed by atoms with E-state index in [4.69, 9.17) is 10.4 Å². The molecular weight excluding hydrogens is 262 g/mol. The summed E-state index contributed by atoms with van der Waals surface area (Å²) in [5.41, 5.74) is 1.66. The summed E-state index contributed by atoms with van der Waals surface area (Å²) in [6.07, 6.45) is 2.30.